The topological polar surface area (TPSA) is 77.3 Å². The van der Waals surface area contributed by atoms with E-state index in [4.69, 9.17) is 29.9 Å². The van der Waals surface area contributed by atoms with Gasteiger partial charge in [-0.2, -0.15) is 0 Å². The summed E-state index contributed by atoms with van der Waals surface area (Å²) in [7, 11) is -2.91. The molecule has 0 bridgehead atoms. The zero-order chi connectivity index (χ0) is 40.9. The van der Waals surface area contributed by atoms with Gasteiger partial charge in [0.15, 0.2) is 43.0 Å². The maximum Gasteiger partial charge on any atom is 0.179 e. The second-order valence-corrected chi connectivity index (χ2v) is 18.5. The van der Waals surface area contributed by atoms with Crippen LogP contribution in [0.1, 0.15) is 0 Å². The van der Waals surface area contributed by atoms with Gasteiger partial charge in [0.05, 0.1) is 0 Å². The van der Waals surface area contributed by atoms with Crippen molar-refractivity contribution in [2.24, 2.45) is 0 Å². The van der Waals surface area contributed by atoms with Crippen molar-refractivity contribution in [3.8, 4) is 68.3 Å². The SMILES string of the molecule is c1ccc(-c2nc(-c3ccccc3)nc(-c3ccc([Si](c4ccccc4)(c4ccccc4)c4ccc(-c5nc(-c6ccccc6)nc(-c6ccccc6)n5)cc4)cc3)n2)cc1. The van der Waals surface area contributed by atoms with E-state index in [2.05, 4.69) is 109 Å². The fourth-order valence-corrected chi connectivity index (χ4v) is 12.7. The third-order valence-electron chi connectivity index (χ3n) is 11.0. The summed E-state index contributed by atoms with van der Waals surface area (Å²) in [5.41, 5.74) is 5.58. The van der Waals surface area contributed by atoms with Gasteiger partial charge in [-0.15, -0.1) is 0 Å². The molecule has 0 spiro atoms. The lowest BCUT2D eigenvalue weighted by molar-refractivity contribution is 1.07. The first-order valence-corrected chi connectivity index (χ1v) is 22.3. The van der Waals surface area contributed by atoms with Gasteiger partial charge < -0.3 is 0 Å². The molecule has 0 N–H and O–H groups in total. The van der Waals surface area contributed by atoms with Crippen molar-refractivity contribution in [1.29, 1.82) is 0 Å². The maximum absolute atomic E-state index is 5.03. The zero-order valence-corrected chi connectivity index (χ0v) is 34.1. The highest BCUT2D eigenvalue weighted by Gasteiger charge is 2.41. The van der Waals surface area contributed by atoms with E-state index in [0.29, 0.717) is 34.9 Å². The average Bonchev–Trinajstić information content (AvgIpc) is 3.36. The highest BCUT2D eigenvalue weighted by atomic mass is 28.3. The van der Waals surface area contributed by atoms with E-state index < -0.39 is 8.07 Å². The van der Waals surface area contributed by atoms with Crippen LogP contribution in [0.4, 0.5) is 0 Å². The molecular formula is C54H38N6Si. The summed E-state index contributed by atoms with van der Waals surface area (Å²) in [5.74, 6) is 3.79. The predicted octanol–water partition coefficient (Wildman–Crippen LogP) is 9.44. The molecule has 288 valence electrons. The quantitative estimate of drug-likeness (QED) is 0.101. The van der Waals surface area contributed by atoms with Gasteiger partial charge in [-0.05, 0) is 20.7 Å². The molecule has 8 aromatic carbocycles. The molecule has 10 rings (SSSR count). The van der Waals surface area contributed by atoms with Crippen molar-refractivity contribution in [1.82, 2.24) is 29.9 Å². The smallest absolute Gasteiger partial charge is 0.179 e. The average molecular weight is 799 g/mol. The lowest BCUT2D eigenvalue weighted by Gasteiger charge is -2.34. The maximum atomic E-state index is 5.03. The Kier molecular flexibility index (Phi) is 10.2. The Morgan fingerprint density at radius 2 is 0.361 bits per heavy atom. The van der Waals surface area contributed by atoms with Crippen LogP contribution in [0.25, 0.3) is 68.3 Å². The molecule has 0 saturated heterocycles. The Morgan fingerprint density at radius 3 is 0.590 bits per heavy atom. The molecule has 0 amide bonds. The summed E-state index contributed by atoms with van der Waals surface area (Å²) in [6.07, 6.45) is 0. The lowest BCUT2D eigenvalue weighted by Crippen LogP contribution is -2.74. The summed E-state index contributed by atoms with van der Waals surface area (Å²) < 4.78 is 0. The van der Waals surface area contributed by atoms with E-state index in [1.54, 1.807) is 0 Å². The molecule has 10 aromatic rings. The van der Waals surface area contributed by atoms with Crippen LogP contribution >= 0.6 is 0 Å². The molecule has 0 aliphatic heterocycles. The lowest BCUT2D eigenvalue weighted by atomic mass is 10.1. The van der Waals surface area contributed by atoms with Crippen molar-refractivity contribution in [2.45, 2.75) is 0 Å². The first-order chi connectivity index (χ1) is 30.2. The number of rotatable bonds is 10. The molecule has 0 aliphatic carbocycles. The third-order valence-corrected chi connectivity index (χ3v) is 15.8. The Morgan fingerprint density at radius 1 is 0.180 bits per heavy atom. The molecule has 0 unspecified atom stereocenters. The van der Waals surface area contributed by atoms with Gasteiger partial charge >= 0.3 is 0 Å². The Hall–Kier alpha value is -8.00. The van der Waals surface area contributed by atoms with E-state index in [0.717, 1.165) is 33.4 Å². The second kappa shape index (κ2) is 16.7. The van der Waals surface area contributed by atoms with Gasteiger partial charge in [0.25, 0.3) is 0 Å². The van der Waals surface area contributed by atoms with E-state index in [1.807, 2.05) is 121 Å². The summed E-state index contributed by atoms with van der Waals surface area (Å²) >= 11 is 0. The van der Waals surface area contributed by atoms with E-state index in [-0.39, 0.29) is 0 Å². The van der Waals surface area contributed by atoms with Crippen LogP contribution in [-0.4, -0.2) is 38.0 Å². The van der Waals surface area contributed by atoms with E-state index in [9.17, 15) is 0 Å². The number of hydrogen-bond acceptors (Lipinski definition) is 6. The molecule has 0 atom stereocenters. The predicted molar refractivity (Wildman–Crippen MR) is 249 cm³/mol. The van der Waals surface area contributed by atoms with Crippen molar-refractivity contribution < 1.29 is 0 Å². The molecule has 61 heavy (non-hydrogen) atoms. The standard InChI is InChI=1S/C54H38N6Si/c1-7-19-39(20-8-1)49-55-50(40-21-9-2-10-22-40)58-53(57-49)43-31-35-47(36-32-43)61(45-27-15-5-16-28-45,46-29-17-6-18-30-46)48-37-33-44(34-38-48)54-59-51(41-23-11-3-12-24-41)56-52(60-54)42-25-13-4-14-26-42/h1-38H. The van der Waals surface area contributed by atoms with Crippen molar-refractivity contribution in [3.63, 3.8) is 0 Å². The molecule has 0 radical (unpaired) electrons. The fraction of sp³-hybridized carbons (Fsp3) is 0. The van der Waals surface area contributed by atoms with E-state index >= 15 is 0 Å². The zero-order valence-electron chi connectivity index (χ0n) is 33.1. The van der Waals surface area contributed by atoms with Crippen LogP contribution in [0.2, 0.25) is 0 Å². The number of nitrogens with zero attached hydrogens (tertiary/aromatic N) is 6. The number of aromatic nitrogens is 6. The monoisotopic (exact) mass is 798 g/mol. The van der Waals surface area contributed by atoms with Gasteiger partial charge in [0.1, 0.15) is 0 Å². The van der Waals surface area contributed by atoms with Gasteiger partial charge in [-0.3, -0.25) is 0 Å². The van der Waals surface area contributed by atoms with Crippen molar-refractivity contribution in [3.05, 3.63) is 231 Å². The van der Waals surface area contributed by atoms with Crippen LogP contribution in [0.5, 0.6) is 0 Å². The van der Waals surface area contributed by atoms with Gasteiger partial charge in [-0.1, -0.05) is 231 Å². The molecule has 0 aliphatic rings. The highest BCUT2D eigenvalue weighted by molar-refractivity contribution is 7.19. The largest absolute Gasteiger partial charge is 0.208 e. The van der Waals surface area contributed by atoms with Crippen molar-refractivity contribution >= 4 is 28.8 Å². The molecule has 7 heteroatoms. The Labute approximate surface area is 356 Å². The van der Waals surface area contributed by atoms with Crippen LogP contribution in [0, 0.1) is 0 Å². The summed E-state index contributed by atoms with van der Waals surface area (Å²) in [6.45, 7) is 0. The van der Waals surface area contributed by atoms with Crippen LogP contribution in [0.3, 0.4) is 0 Å². The Bertz CT molecular complexity index is 2700. The first kappa shape index (κ1) is 37.3. The summed E-state index contributed by atoms with van der Waals surface area (Å²) in [4.78, 5) is 29.9. The Balaban J connectivity index is 1.11. The fourth-order valence-electron chi connectivity index (χ4n) is 7.99. The normalized spacial score (nSPS) is 11.3. The molecule has 0 saturated carbocycles. The summed E-state index contributed by atoms with van der Waals surface area (Å²) in [6, 6.07) is 79.9. The number of benzene rings is 8. The van der Waals surface area contributed by atoms with Gasteiger partial charge in [-0.25, -0.2) is 29.9 Å². The van der Waals surface area contributed by atoms with E-state index in [1.165, 1.54) is 20.7 Å². The van der Waals surface area contributed by atoms with Crippen LogP contribution < -0.4 is 20.7 Å². The minimum absolute atomic E-state index is 0.623. The summed E-state index contributed by atoms with van der Waals surface area (Å²) in [5, 5.41) is 5.02. The molecule has 2 heterocycles. The highest BCUT2D eigenvalue weighted by Crippen LogP contribution is 2.27. The number of hydrogen-bond donors (Lipinski definition) is 0. The van der Waals surface area contributed by atoms with Crippen molar-refractivity contribution in [2.75, 3.05) is 0 Å². The molecule has 2 aromatic heterocycles. The van der Waals surface area contributed by atoms with Crippen LogP contribution in [-0.2, 0) is 0 Å². The third kappa shape index (κ3) is 7.46. The van der Waals surface area contributed by atoms with Gasteiger partial charge in [0, 0.05) is 33.4 Å². The second-order valence-electron chi connectivity index (χ2n) is 14.7. The first-order valence-electron chi connectivity index (χ1n) is 20.3. The minimum atomic E-state index is -2.91. The van der Waals surface area contributed by atoms with Gasteiger partial charge in [0.2, 0.25) is 0 Å². The minimum Gasteiger partial charge on any atom is -0.208 e. The molecule has 6 nitrogen and oxygen atoms in total. The molecule has 0 fully saturated rings. The molecular weight excluding hydrogens is 761 g/mol. The van der Waals surface area contributed by atoms with Crippen LogP contribution in [0.15, 0.2) is 231 Å².